The highest BCUT2D eigenvalue weighted by atomic mass is 32.1. The van der Waals surface area contributed by atoms with Gasteiger partial charge in [0.05, 0.1) is 17.8 Å². The Morgan fingerprint density at radius 2 is 2.44 bits per heavy atom. The van der Waals surface area contributed by atoms with Crippen molar-refractivity contribution in [1.82, 2.24) is 10.3 Å². The fourth-order valence-corrected chi connectivity index (χ4v) is 2.42. The van der Waals surface area contributed by atoms with Gasteiger partial charge in [-0.3, -0.25) is 4.79 Å². The van der Waals surface area contributed by atoms with E-state index in [1.54, 1.807) is 17.6 Å². The van der Waals surface area contributed by atoms with E-state index in [1.807, 2.05) is 24.4 Å². The number of hydrogen-bond donors (Lipinski definition) is 1. The Balaban J connectivity index is 1.63. The van der Waals surface area contributed by atoms with E-state index in [-0.39, 0.29) is 5.91 Å². The smallest absolute Gasteiger partial charge is 0.220 e. The molecular weight excluding hydrogens is 248 g/mol. The van der Waals surface area contributed by atoms with Gasteiger partial charge in [0, 0.05) is 17.5 Å². The summed E-state index contributed by atoms with van der Waals surface area (Å²) in [6, 6.07) is 3.66. The quantitative estimate of drug-likeness (QED) is 0.872. The Bertz CT molecular complexity index is 491. The molecule has 0 aromatic carbocycles. The van der Waals surface area contributed by atoms with E-state index in [4.69, 9.17) is 4.42 Å². The summed E-state index contributed by atoms with van der Waals surface area (Å²) in [4.78, 5) is 15.9. The van der Waals surface area contributed by atoms with Gasteiger partial charge >= 0.3 is 0 Å². The molecule has 0 radical (unpaired) electrons. The zero-order chi connectivity index (χ0) is 12.8. The van der Waals surface area contributed by atoms with Crippen molar-refractivity contribution in [2.45, 2.75) is 32.7 Å². The molecule has 2 aromatic heterocycles. The van der Waals surface area contributed by atoms with Gasteiger partial charge in [-0.2, -0.15) is 0 Å². The van der Waals surface area contributed by atoms with Gasteiger partial charge in [0.1, 0.15) is 5.76 Å². The van der Waals surface area contributed by atoms with Crippen molar-refractivity contribution in [2.24, 2.45) is 0 Å². The summed E-state index contributed by atoms with van der Waals surface area (Å²) in [5, 5.41) is 5.96. The van der Waals surface area contributed by atoms with Gasteiger partial charge in [-0.25, -0.2) is 4.98 Å². The van der Waals surface area contributed by atoms with Crippen molar-refractivity contribution < 1.29 is 9.21 Å². The molecule has 0 aliphatic heterocycles. The maximum absolute atomic E-state index is 11.6. The van der Waals surface area contributed by atoms with Crippen LogP contribution >= 0.6 is 11.3 Å². The first-order valence-electron chi connectivity index (χ1n) is 5.94. The third kappa shape index (κ3) is 4.00. The number of aryl methyl sites for hydroxylation is 2. The highest BCUT2D eigenvalue weighted by Gasteiger charge is 2.04. The molecule has 1 N–H and O–H groups in total. The summed E-state index contributed by atoms with van der Waals surface area (Å²) in [6.45, 7) is 2.44. The molecule has 0 aliphatic carbocycles. The van der Waals surface area contributed by atoms with Crippen LogP contribution in [0.5, 0.6) is 0 Å². The van der Waals surface area contributed by atoms with Crippen LogP contribution in [0.2, 0.25) is 0 Å². The van der Waals surface area contributed by atoms with E-state index in [9.17, 15) is 4.79 Å². The highest BCUT2D eigenvalue weighted by Crippen LogP contribution is 2.11. The zero-order valence-electron chi connectivity index (χ0n) is 10.3. The topological polar surface area (TPSA) is 55.1 Å². The molecule has 1 amide bonds. The molecule has 0 atom stereocenters. The number of rotatable bonds is 6. The average molecular weight is 264 g/mol. The summed E-state index contributed by atoms with van der Waals surface area (Å²) in [5.74, 6) is 0.832. The molecule has 2 heterocycles. The number of thiazole rings is 1. The molecule has 96 valence electrons. The van der Waals surface area contributed by atoms with Crippen LogP contribution < -0.4 is 5.32 Å². The molecule has 18 heavy (non-hydrogen) atoms. The number of hydrogen-bond acceptors (Lipinski definition) is 4. The normalized spacial score (nSPS) is 10.5. The van der Waals surface area contributed by atoms with Crippen LogP contribution in [0.1, 0.15) is 29.3 Å². The Morgan fingerprint density at radius 1 is 1.56 bits per heavy atom. The van der Waals surface area contributed by atoms with Gasteiger partial charge < -0.3 is 9.73 Å². The first kappa shape index (κ1) is 12.8. The standard InChI is InChI=1S/C13H16N2O2S/c1-10-9-18-13(15-10)6-2-5-12(16)14-8-11-4-3-7-17-11/h3-4,7,9H,2,5-6,8H2,1H3,(H,14,16). The van der Waals surface area contributed by atoms with Gasteiger partial charge in [0.15, 0.2) is 0 Å². The monoisotopic (exact) mass is 264 g/mol. The Morgan fingerprint density at radius 3 is 3.11 bits per heavy atom. The summed E-state index contributed by atoms with van der Waals surface area (Å²) < 4.78 is 5.14. The number of nitrogens with one attached hydrogen (secondary N) is 1. The van der Waals surface area contributed by atoms with Crippen molar-refractivity contribution in [3.63, 3.8) is 0 Å². The Kier molecular flexibility index (Phi) is 4.52. The van der Waals surface area contributed by atoms with Gasteiger partial charge in [-0.15, -0.1) is 11.3 Å². The number of furan rings is 1. The van der Waals surface area contributed by atoms with Crippen LogP contribution in [0.25, 0.3) is 0 Å². The average Bonchev–Trinajstić information content (AvgIpc) is 2.98. The molecule has 5 heteroatoms. The number of aromatic nitrogens is 1. The second kappa shape index (κ2) is 6.35. The third-order valence-electron chi connectivity index (χ3n) is 2.50. The first-order valence-corrected chi connectivity index (χ1v) is 6.82. The van der Waals surface area contributed by atoms with Crippen molar-refractivity contribution >= 4 is 17.2 Å². The van der Waals surface area contributed by atoms with Gasteiger partial charge in [-0.05, 0) is 31.9 Å². The van der Waals surface area contributed by atoms with Crippen LogP contribution in [0.3, 0.4) is 0 Å². The summed E-state index contributed by atoms with van der Waals surface area (Å²) in [5.41, 5.74) is 1.05. The molecular formula is C13H16N2O2S. The predicted octanol–water partition coefficient (Wildman–Crippen LogP) is 2.68. The predicted molar refractivity (Wildman–Crippen MR) is 70.3 cm³/mol. The minimum Gasteiger partial charge on any atom is -0.467 e. The lowest BCUT2D eigenvalue weighted by Gasteiger charge is -2.02. The van der Waals surface area contributed by atoms with Crippen LogP contribution in [0.4, 0.5) is 0 Å². The lowest BCUT2D eigenvalue weighted by atomic mass is 10.2. The number of nitrogens with zero attached hydrogens (tertiary/aromatic N) is 1. The van der Waals surface area contributed by atoms with Gasteiger partial charge in [0.2, 0.25) is 5.91 Å². The minimum atomic E-state index is 0.0553. The van der Waals surface area contributed by atoms with E-state index < -0.39 is 0 Å². The van der Waals surface area contributed by atoms with Crippen molar-refractivity contribution in [3.05, 3.63) is 40.2 Å². The number of amides is 1. The van der Waals surface area contributed by atoms with Crippen molar-refractivity contribution in [1.29, 1.82) is 0 Å². The van der Waals surface area contributed by atoms with E-state index in [2.05, 4.69) is 10.3 Å². The number of carbonyl (C=O) groups is 1. The molecule has 0 fully saturated rings. The second-order valence-corrected chi connectivity index (χ2v) is 5.03. The molecule has 0 saturated heterocycles. The van der Waals surface area contributed by atoms with Gasteiger partial charge in [-0.1, -0.05) is 0 Å². The molecule has 2 aromatic rings. The summed E-state index contributed by atoms with van der Waals surface area (Å²) >= 11 is 1.65. The van der Waals surface area contributed by atoms with E-state index in [0.29, 0.717) is 13.0 Å². The second-order valence-electron chi connectivity index (χ2n) is 4.09. The number of carbonyl (C=O) groups excluding carboxylic acids is 1. The maximum atomic E-state index is 11.6. The fraction of sp³-hybridized carbons (Fsp3) is 0.385. The lowest BCUT2D eigenvalue weighted by molar-refractivity contribution is -0.121. The molecule has 0 aliphatic rings. The SMILES string of the molecule is Cc1csc(CCCC(=O)NCc2ccco2)n1. The molecule has 0 saturated carbocycles. The van der Waals surface area contributed by atoms with Crippen molar-refractivity contribution in [2.75, 3.05) is 0 Å². The van der Waals surface area contributed by atoms with Crippen molar-refractivity contribution in [3.8, 4) is 0 Å². The van der Waals surface area contributed by atoms with E-state index >= 15 is 0 Å². The molecule has 0 bridgehead atoms. The highest BCUT2D eigenvalue weighted by molar-refractivity contribution is 7.09. The molecule has 2 rings (SSSR count). The largest absolute Gasteiger partial charge is 0.467 e. The Labute approximate surface area is 110 Å². The van der Waals surface area contributed by atoms with Crippen LogP contribution in [0.15, 0.2) is 28.2 Å². The zero-order valence-corrected chi connectivity index (χ0v) is 11.1. The van der Waals surface area contributed by atoms with E-state index in [1.165, 1.54) is 0 Å². The Hall–Kier alpha value is -1.62. The molecule has 0 unspecified atom stereocenters. The van der Waals surface area contributed by atoms with Crippen LogP contribution in [0, 0.1) is 6.92 Å². The van der Waals surface area contributed by atoms with Crippen LogP contribution in [-0.4, -0.2) is 10.9 Å². The molecule has 4 nitrogen and oxygen atoms in total. The van der Waals surface area contributed by atoms with E-state index in [0.717, 1.165) is 29.3 Å². The summed E-state index contributed by atoms with van der Waals surface area (Å²) in [6.07, 6.45) is 3.83. The lowest BCUT2D eigenvalue weighted by Crippen LogP contribution is -2.22. The maximum Gasteiger partial charge on any atom is 0.220 e. The van der Waals surface area contributed by atoms with Gasteiger partial charge in [0.25, 0.3) is 0 Å². The fourth-order valence-electron chi connectivity index (χ4n) is 1.60. The first-order chi connectivity index (χ1) is 8.74. The minimum absolute atomic E-state index is 0.0553. The van der Waals surface area contributed by atoms with Crippen LogP contribution in [-0.2, 0) is 17.8 Å². The third-order valence-corrected chi connectivity index (χ3v) is 3.53. The molecule has 0 spiro atoms. The summed E-state index contributed by atoms with van der Waals surface area (Å²) in [7, 11) is 0.